The van der Waals surface area contributed by atoms with Gasteiger partial charge in [-0.2, -0.15) is 5.10 Å². The number of nitrogens with one attached hydrogen (secondary N) is 1. The van der Waals surface area contributed by atoms with E-state index in [9.17, 15) is 4.79 Å². The molecule has 3 rings (SSSR count). The first-order chi connectivity index (χ1) is 14.2. The van der Waals surface area contributed by atoms with E-state index in [1.54, 1.807) is 6.21 Å². The van der Waals surface area contributed by atoms with Gasteiger partial charge in [-0.05, 0) is 61.4 Å². The molecule has 152 valence electrons. The average Bonchev–Trinajstić information content (AvgIpc) is 3.14. The molecule has 29 heavy (non-hydrogen) atoms. The Balaban J connectivity index is 1.56. The van der Waals surface area contributed by atoms with E-state index in [1.807, 2.05) is 56.3 Å². The summed E-state index contributed by atoms with van der Waals surface area (Å²) in [6.07, 6.45) is 1.63. The van der Waals surface area contributed by atoms with Crippen LogP contribution < -0.4 is 19.5 Å². The van der Waals surface area contributed by atoms with Gasteiger partial charge < -0.3 is 19.5 Å². The zero-order chi connectivity index (χ0) is 20.5. The molecule has 8 heteroatoms. The Bertz CT molecular complexity index is 897. The SMILES string of the molecule is CCOc1ccc(COc2ccc(C=NN=C3NC(=O)CS3)cc2)cc1OCC. The molecule has 1 amide bonds. The van der Waals surface area contributed by atoms with Crippen LogP contribution in [0.4, 0.5) is 0 Å². The normalized spacial score (nSPS) is 15.0. The van der Waals surface area contributed by atoms with E-state index in [-0.39, 0.29) is 5.91 Å². The molecule has 1 saturated heterocycles. The van der Waals surface area contributed by atoms with E-state index in [4.69, 9.17) is 14.2 Å². The molecule has 1 N–H and O–H groups in total. The van der Waals surface area contributed by atoms with Gasteiger partial charge >= 0.3 is 0 Å². The molecule has 2 aromatic rings. The summed E-state index contributed by atoms with van der Waals surface area (Å²) < 4.78 is 17.1. The quantitative estimate of drug-likeness (QED) is 0.502. The summed E-state index contributed by atoms with van der Waals surface area (Å²) in [6, 6.07) is 13.3. The van der Waals surface area contributed by atoms with E-state index in [0.29, 0.717) is 30.7 Å². The summed E-state index contributed by atoms with van der Waals surface area (Å²) in [5.74, 6) is 2.55. The van der Waals surface area contributed by atoms with E-state index in [0.717, 1.165) is 28.4 Å². The van der Waals surface area contributed by atoms with Gasteiger partial charge in [0.1, 0.15) is 12.4 Å². The maximum Gasteiger partial charge on any atom is 0.236 e. The largest absolute Gasteiger partial charge is 0.490 e. The average molecular weight is 413 g/mol. The lowest BCUT2D eigenvalue weighted by molar-refractivity contribution is -0.116. The predicted molar refractivity (Wildman–Crippen MR) is 115 cm³/mol. The second-order valence-corrected chi connectivity index (χ2v) is 6.96. The van der Waals surface area contributed by atoms with Crippen molar-refractivity contribution in [2.45, 2.75) is 20.5 Å². The Morgan fingerprint density at radius 2 is 1.79 bits per heavy atom. The lowest BCUT2D eigenvalue weighted by Crippen LogP contribution is -2.19. The minimum atomic E-state index is -0.0497. The number of carbonyl (C=O) groups excluding carboxylic acids is 1. The fraction of sp³-hybridized carbons (Fsp3) is 0.286. The van der Waals surface area contributed by atoms with Crippen molar-refractivity contribution in [1.82, 2.24) is 5.32 Å². The minimum absolute atomic E-state index is 0.0497. The van der Waals surface area contributed by atoms with Crippen molar-refractivity contribution in [2.75, 3.05) is 19.0 Å². The molecule has 1 heterocycles. The molecule has 0 unspecified atom stereocenters. The van der Waals surface area contributed by atoms with Gasteiger partial charge in [0.05, 0.1) is 25.2 Å². The van der Waals surface area contributed by atoms with Crippen LogP contribution in [0.2, 0.25) is 0 Å². The number of rotatable bonds is 9. The van der Waals surface area contributed by atoms with Gasteiger partial charge in [0, 0.05) is 0 Å². The fourth-order valence-electron chi connectivity index (χ4n) is 2.53. The molecule has 1 aliphatic rings. The lowest BCUT2D eigenvalue weighted by atomic mass is 10.2. The Morgan fingerprint density at radius 3 is 2.48 bits per heavy atom. The van der Waals surface area contributed by atoms with Crippen LogP contribution in [0, 0.1) is 0 Å². The highest BCUT2D eigenvalue weighted by atomic mass is 32.2. The maximum absolute atomic E-state index is 11.1. The van der Waals surface area contributed by atoms with Gasteiger partial charge in [0.25, 0.3) is 0 Å². The molecule has 1 aliphatic heterocycles. The highest BCUT2D eigenvalue weighted by Crippen LogP contribution is 2.29. The number of ether oxygens (including phenoxy) is 3. The molecular formula is C21H23N3O4S. The summed E-state index contributed by atoms with van der Waals surface area (Å²) >= 11 is 1.34. The van der Waals surface area contributed by atoms with Crippen molar-refractivity contribution in [3.05, 3.63) is 53.6 Å². The third kappa shape index (κ3) is 6.25. The van der Waals surface area contributed by atoms with Gasteiger partial charge in [0.15, 0.2) is 16.7 Å². The first kappa shape index (κ1) is 20.7. The summed E-state index contributed by atoms with van der Waals surface area (Å²) in [7, 11) is 0. The first-order valence-electron chi connectivity index (χ1n) is 9.33. The number of amides is 1. The third-order valence-corrected chi connectivity index (χ3v) is 4.70. The van der Waals surface area contributed by atoms with Crippen molar-refractivity contribution in [2.24, 2.45) is 10.2 Å². The van der Waals surface area contributed by atoms with Crippen LogP contribution in [0.3, 0.4) is 0 Å². The van der Waals surface area contributed by atoms with Crippen molar-refractivity contribution in [3.63, 3.8) is 0 Å². The number of amidine groups is 1. The van der Waals surface area contributed by atoms with Crippen LogP contribution in [-0.2, 0) is 11.4 Å². The summed E-state index contributed by atoms with van der Waals surface area (Å²) in [5, 5.41) is 11.1. The lowest BCUT2D eigenvalue weighted by Gasteiger charge is -2.13. The number of nitrogens with zero attached hydrogens (tertiary/aromatic N) is 2. The highest BCUT2D eigenvalue weighted by molar-refractivity contribution is 8.15. The van der Waals surface area contributed by atoms with Crippen LogP contribution in [0.15, 0.2) is 52.7 Å². The molecule has 2 aromatic carbocycles. The van der Waals surface area contributed by atoms with E-state index in [2.05, 4.69) is 15.5 Å². The molecule has 0 atom stereocenters. The number of hydrogen-bond donors (Lipinski definition) is 1. The number of thioether (sulfide) groups is 1. The van der Waals surface area contributed by atoms with Gasteiger partial charge in [-0.25, -0.2) is 0 Å². The zero-order valence-electron chi connectivity index (χ0n) is 16.4. The summed E-state index contributed by atoms with van der Waals surface area (Å²) in [4.78, 5) is 11.1. The molecule has 0 aliphatic carbocycles. The Morgan fingerprint density at radius 1 is 1.03 bits per heavy atom. The summed E-state index contributed by atoms with van der Waals surface area (Å²) in [5.41, 5.74) is 1.88. The van der Waals surface area contributed by atoms with Gasteiger partial charge in [-0.1, -0.05) is 17.8 Å². The number of benzene rings is 2. The van der Waals surface area contributed by atoms with Crippen LogP contribution in [0.1, 0.15) is 25.0 Å². The predicted octanol–water partition coefficient (Wildman–Crippen LogP) is 3.62. The maximum atomic E-state index is 11.1. The van der Waals surface area contributed by atoms with Gasteiger partial charge in [-0.15, -0.1) is 5.10 Å². The van der Waals surface area contributed by atoms with Crippen molar-refractivity contribution in [3.8, 4) is 17.2 Å². The van der Waals surface area contributed by atoms with E-state index < -0.39 is 0 Å². The zero-order valence-corrected chi connectivity index (χ0v) is 17.2. The molecule has 0 radical (unpaired) electrons. The highest BCUT2D eigenvalue weighted by Gasteiger charge is 2.15. The molecule has 7 nitrogen and oxygen atoms in total. The monoisotopic (exact) mass is 413 g/mol. The third-order valence-electron chi connectivity index (χ3n) is 3.84. The smallest absolute Gasteiger partial charge is 0.236 e. The molecule has 0 saturated carbocycles. The van der Waals surface area contributed by atoms with Crippen molar-refractivity contribution in [1.29, 1.82) is 0 Å². The Kier molecular flexibility index (Phi) is 7.52. The van der Waals surface area contributed by atoms with Crippen molar-refractivity contribution >= 4 is 29.1 Å². The Hall–Kier alpha value is -3.00. The van der Waals surface area contributed by atoms with E-state index >= 15 is 0 Å². The van der Waals surface area contributed by atoms with E-state index in [1.165, 1.54) is 11.8 Å². The van der Waals surface area contributed by atoms with Crippen LogP contribution in [-0.4, -0.2) is 36.3 Å². The van der Waals surface area contributed by atoms with Crippen LogP contribution in [0.5, 0.6) is 17.2 Å². The standard InChI is InChI=1S/C21H23N3O4S/c1-3-26-18-10-7-16(11-19(18)27-4-2)13-28-17-8-5-15(6-9-17)12-22-24-21-23-20(25)14-29-21/h5-12H,3-4,13-14H2,1-2H3,(H,23,24,25). The molecule has 0 spiro atoms. The van der Waals surface area contributed by atoms with Gasteiger partial charge in [0.2, 0.25) is 5.91 Å². The molecule has 0 aromatic heterocycles. The number of hydrogen-bond acceptors (Lipinski definition) is 7. The summed E-state index contributed by atoms with van der Waals surface area (Å²) in [6.45, 7) is 5.47. The van der Waals surface area contributed by atoms with Crippen LogP contribution >= 0.6 is 11.8 Å². The van der Waals surface area contributed by atoms with Crippen molar-refractivity contribution < 1.29 is 19.0 Å². The van der Waals surface area contributed by atoms with Gasteiger partial charge in [-0.3, -0.25) is 4.79 Å². The molecular weight excluding hydrogens is 390 g/mol. The number of carbonyl (C=O) groups is 1. The second kappa shape index (κ2) is 10.5. The fourth-order valence-corrected chi connectivity index (χ4v) is 3.16. The minimum Gasteiger partial charge on any atom is -0.490 e. The molecule has 0 bridgehead atoms. The molecule has 1 fully saturated rings. The van der Waals surface area contributed by atoms with Crippen LogP contribution in [0.25, 0.3) is 0 Å². The Labute approximate surface area is 174 Å². The topological polar surface area (TPSA) is 81.5 Å². The second-order valence-electron chi connectivity index (χ2n) is 5.99. The first-order valence-corrected chi connectivity index (χ1v) is 10.3.